The molecule has 0 radical (unpaired) electrons. The fourth-order valence-electron chi connectivity index (χ4n) is 2.47. The van der Waals surface area contributed by atoms with Gasteiger partial charge >= 0.3 is 5.97 Å². The van der Waals surface area contributed by atoms with Crippen LogP contribution in [0.3, 0.4) is 0 Å². The van der Waals surface area contributed by atoms with E-state index in [0.29, 0.717) is 5.56 Å². The van der Waals surface area contributed by atoms with Crippen LogP contribution in [0.25, 0.3) is 0 Å². The summed E-state index contributed by atoms with van der Waals surface area (Å²) in [5, 5.41) is 14.4. The average molecular weight is 344 g/mol. The van der Waals surface area contributed by atoms with E-state index in [-0.39, 0.29) is 5.76 Å². The van der Waals surface area contributed by atoms with Crippen molar-refractivity contribution >= 4 is 17.8 Å². The van der Waals surface area contributed by atoms with Crippen LogP contribution in [-0.4, -0.2) is 28.9 Å². The third kappa shape index (κ3) is 4.69. The summed E-state index contributed by atoms with van der Waals surface area (Å²) >= 11 is 0. The summed E-state index contributed by atoms with van der Waals surface area (Å²) < 4.78 is 4.95. The van der Waals surface area contributed by atoms with Crippen molar-refractivity contribution in [2.24, 2.45) is 0 Å². The minimum absolute atomic E-state index is 0.0729. The summed E-state index contributed by atoms with van der Waals surface area (Å²) in [4.78, 5) is 35.8. The number of benzene rings is 1. The van der Waals surface area contributed by atoms with Crippen LogP contribution < -0.4 is 10.6 Å². The Morgan fingerprint density at radius 1 is 1.08 bits per heavy atom. The fourth-order valence-corrected chi connectivity index (χ4v) is 2.47. The van der Waals surface area contributed by atoms with E-state index < -0.39 is 29.9 Å². The molecule has 0 saturated heterocycles. The first-order chi connectivity index (χ1) is 11.8. The molecule has 0 saturated carbocycles. The Labute approximate surface area is 145 Å². The van der Waals surface area contributed by atoms with Crippen LogP contribution >= 0.6 is 0 Å². The number of rotatable bonds is 6. The van der Waals surface area contributed by atoms with Crippen molar-refractivity contribution in [2.75, 3.05) is 0 Å². The highest BCUT2D eigenvalue weighted by Crippen LogP contribution is 2.17. The maximum absolute atomic E-state index is 12.3. The standard InChI is InChI=1S/C18H20N2O5/c1-10-7-11(2)9-13(8-10)15(18(23)24)20-16(21)12(3)19-17(22)14-5-4-6-25-14/h4-9,12,15H,1-3H3,(H,19,22)(H,20,21)(H,23,24). The molecule has 2 aromatic rings. The fraction of sp³-hybridized carbons (Fsp3) is 0.278. The van der Waals surface area contributed by atoms with E-state index in [9.17, 15) is 19.5 Å². The molecule has 1 aromatic heterocycles. The molecule has 1 heterocycles. The maximum Gasteiger partial charge on any atom is 0.330 e. The van der Waals surface area contributed by atoms with Gasteiger partial charge in [0.25, 0.3) is 5.91 Å². The van der Waals surface area contributed by atoms with Crippen molar-refractivity contribution in [1.29, 1.82) is 0 Å². The predicted octanol–water partition coefficient (Wildman–Crippen LogP) is 1.96. The molecular weight excluding hydrogens is 324 g/mol. The lowest BCUT2D eigenvalue weighted by atomic mass is 10.0. The minimum atomic E-state index is -1.20. The van der Waals surface area contributed by atoms with Crippen LogP contribution in [0.4, 0.5) is 0 Å². The number of carboxylic acid groups (broad SMARTS) is 1. The first-order valence-corrected chi connectivity index (χ1v) is 7.73. The molecule has 0 spiro atoms. The van der Waals surface area contributed by atoms with Crippen LogP contribution in [0, 0.1) is 13.8 Å². The van der Waals surface area contributed by atoms with Crippen molar-refractivity contribution in [3.05, 3.63) is 59.0 Å². The lowest BCUT2D eigenvalue weighted by Crippen LogP contribution is -2.47. The number of carbonyl (C=O) groups excluding carboxylic acids is 2. The van der Waals surface area contributed by atoms with Gasteiger partial charge in [-0.25, -0.2) is 4.79 Å². The normalized spacial score (nSPS) is 12.9. The molecule has 2 rings (SSSR count). The Balaban J connectivity index is 2.09. The van der Waals surface area contributed by atoms with E-state index in [2.05, 4.69) is 10.6 Å². The van der Waals surface area contributed by atoms with Crippen LogP contribution in [0.1, 0.15) is 40.2 Å². The zero-order chi connectivity index (χ0) is 18.6. The summed E-state index contributed by atoms with van der Waals surface area (Å²) in [6, 6.07) is 6.22. The van der Waals surface area contributed by atoms with Gasteiger partial charge in [0.15, 0.2) is 11.8 Å². The van der Waals surface area contributed by atoms with E-state index >= 15 is 0 Å². The number of carbonyl (C=O) groups is 3. The number of furan rings is 1. The summed E-state index contributed by atoms with van der Waals surface area (Å²) in [7, 11) is 0. The third-order valence-electron chi connectivity index (χ3n) is 3.60. The van der Waals surface area contributed by atoms with Gasteiger partial charge in [-0.05, 0) is 38.5 Å². The summed E-state index contributed by atoms with van der Waals surface area (Å²) in [6.45, 7) is 5.17. The molecule has 1 aromatic carbocycles. The monoisotopic (exact) mass is 344 g/mol. The molecule has 7 heteroatoms. The number of aliphatic carboxylic acids is 1. The molecule has 2 atom stereocenters. The van der Waals surface area contributed by atoms with Crippen molar-refractivity contribution in [2.45, 2.75) is 32.9 Å². The second-order valence-electron chi connectivity index (χ2n) is 5.87. The van der Waals surface area contributed by atoms with E-state index in [1.54, 1.807) is 18.2 Å². The minimum Gasteiger partial charge on any atom is -0.479 e. The highest BCUT2D eigenvalue weighted by atomic mass is 16.4. The van der Waals surface area contributed by atoms with E-state index in [0.717, 1.165) is 11.1 Å². The third-order valence-corrected chi connectivity index (χ3v) is 3.60. The molecule has 0 bridgehead atoms. The number of nitrogens with one attached hydrogen (secondary N) is 2. The molecule has 0 aliphatic rings. The Morgan fingerprint density at radius 2 is 1.72 bits per heavy atom. The molecule has 25 heavy (non-hydrogen) atoms. The SMILES string of the molecule is Cc1cc(C)cc(C(NC(=O)C(C)NC(=O)c2ccco2)C(=O)O)c1. The average Bonchev–Trinajstić information content (AvgIpc) is 3.05. The van der Waals surface area contributed by atoms with Gasteiger partial charge in [-0.15, -0.1) is 0 Å². The molecular formula is C18H20N2O5. The van der Waals surface area contributed by atoms with Gasteiger partial charge in [0.2, 0.25) is 5.91 Å². The van der Waals surface area contributed by atoms with Crippen LogP contribution in [-0.2, 0) is 9.59 Å². The Hall–Kier alpha value is -3.09. The van der Waals surface area contributed by atoms with E-state index in [1.807, 2.05) is 19.9 Å². The second-order valence-corrected chi connectivity index (χ2v) is 5.87. The maximum atomic E-state index is 12.3. The van der Waals surface area contributed by atoms with Gasteiger partial charge in [0, 0.05) is 0 Å². The van der Waals surface area contributed by atoms with Crippen LogP contribution in [0.2, 0.25) is 0 Å². The van der Waals surface area contributed by atoms with Gasteiger partial charge in [-0.3, -0.25) is 9.59 Å². The lowest BCUT2D eigenvalue weighted by Gasteiger charge is -2.19. The van der Waals surface area contributed by atoms with Gasteiger partial charge in [-0.1, -0.05) is 29.3 Å². The first kappa shape index (κ1) is 18.3. The Kier molecular flexibility index (Phi) is 5.59. The van der Waals surface area contributed by atoms with Crippen molar-refractivity contribution in [1.82, 2.24) is 10.6 Å². The van der Waals surface area contributed by atoms with Gasteiger partial charge in [0.05, 0.1) is 6.26 Å². The molecule has 0 aliphatic heterocycles. The van der Waals surface area contributed by atoms with Crippen LogP contribution in [0.15, 0.2) is 41.0 Å². The molecule has 0 fully saturated rings. The van der Waals surface area contributed by atoms with Gasteiger partial charge in [-0.2, -0.15) is 0 Å². The number of carboxylic acids is 1. The number of amides is 2. The second kappa shape index (κ2) is 7.65. The Bertz CT molecular complexity index is 763. The predicted molar refractivity (Wildman–Crippen MR) is 90.1 cm³/mol. The molecule has 3 N–H and O–H groups in total. The zero-order valence-electron chi connectivity index (χ0n) is 14.2. The number of hydrogen-bond acceptors (Lipinski definition) is 4. The van der Waals surface area contributed by atoms with Crippen molar-refractivity contribution in [3.63, 3.8) is 0 Å². The van der Waals surface area contributed by atoms with Crippen molar-refractivity contribution < 1.29 is 23.9 Å². The summed E-state index contributed by atoms with van der Waals surface area (Å²) in [5.41, 5.74) is 2.27. The smallest absolute Gasteiger partial charge is 0.330 e. The largest absolute Gasteiger partial charge is 0.479 e. The summed E-state index contributed by atoms with van der Waals surface area (Å²) in [5.74, 6) is -2.26. The van der Waals surface area contributed by atoms with Crippen LogP contribution in [0.5, 0.6) is 0 Å². The molecule has 7 nitrogen and oxygen atoms in total. The van der Waals surface area contributed by atoms with Gasteiger partial charge < -0.3 is 20.2 Å². The number of hydrogen-bond donors (Lipinski definition) is 3. The highest BCUT2D eigenvalue weighted by molar-refractivity contribution is 5.96. The topological polar surface area (TPSA) is 109 Å². The lowest BCUT2D eigenvalue weighted by molar-refractivity contribution is -0.142. The van der Waals surface area contributed by atoms with E-state index in [1.165, 1.54) is 19.3 Å². The zero-order valence-corrected chi connectivity index (χ0v) is 14.2. The molecule has 2 amide bonds. The van der Waals surface area contributed by atoms with E-state index in [4.69, 9.17) is 4.42 Å². The molecule has 132 valence electrons. The quantitative estimate of drug-likeness (QED) is 0.742. The molecule has 0 aliphatic carbocycles. The first-order valence-electron chi connectivity index (χ1n) is 7.73. The number of aryl methyl sites for hydroxylation is 2. The summed E-state index contributed by atoms with van der Waals surface area (Å²) in [6.07, 6.45) is 1.35. The Morgan fingerprint density at radius 3 is 2.24 bits per heavy atom. The van der Waals surface area contributed by atoms with Gasteiger partial charge in [0.1, 0.15) is 6.04 Å². The van der Waals surface area contributed by atoms with Crippen molar-refractivity contribution in [3.8, 4) is 0 Å². The molecule has 2 unspecified atom stereocenters. The highest BCUT2D eigenvalue weighted by Gasteiger charge is 2.26.